The van der Waals surface area contributed by atoms with Crippen molar-refractivity contribution in [3.8, 4) is 0 Å². The molecule has 0 saturated heterocycles. The zero-order chi connectivity index (χ0) is 90.7. The fourth-order valence-electron chi connectivity index (χ4n) is 13.8. The second-order valence-corrected chi connectivity index (χ2v) is 36.5. The quantitative estimate of drug-likeness (QED) is 0.0146. The molecular weight excluding hydrogens is 1600 g/mol. The van der Waals surface area contributed by atoms with Crippen LogP contribution in [0.5, 0.6) is 0 Å². The number of hydrogen-bond donors (Lipinski definition) is 4. The Kier molecular flexibility index (Phi) is 94.0. The number of ether oxygens (including phenoxy) is 3. The lowest BCUT2D eigenvalue weighted by atomic mass is 10.0. The van der Waals surface area contributed by atoms with Crippen molar-refractivity contribution in [2.45, 2.75) is 450 Å². The molecule has 0 heterocycles. The number of aliphatic hydroxyl groups is 2. The summed E-state index contributed by atoms with van der Waals surface area (Å²) in [5.41, 5.74) is 0. The molecule has 16 nitrogen and oxygen atoms in total. The lowest BCUT2D eigenvalue weighted by Crippen LogP contribution is -2.30. The lowest BCUT2D eigenvalue weighted by Gasteiger charge is -2.21. The highest BCUT2D eigenvalue weighted by molar-refractivity contribution is 7.47. The third kappa shape index (κ3) is 99.3. The first-order chi connectivity index (χ1) is 61.2. The van der Waals surface area contributed by atoms with Crippen LogP contribution >= 0.6 is 15.6 Å². The predicted molar refractivity (Wildman–Crippen MR) is 528 cm³/mol. The molecule has 0 bridgehead atoms. The number of phosphoric ester groups is 2. The van der Waals surface area contributed by atoms with Gasteiger partial charge in [0, 0.05) is 19.3 Å². The van der Waals surface area contributed by atoms with Crippen LogP contribution in [0.3, 0.4) is 0 Å². The van der Waals surface area contributed by atoms with Crippen LogP contribution in [0.25, 0.3) is 0 Å². The van der Waals surface area contributed by atoms with Gasteiger partial charge in [0.2, 0.25) is 0 Å². The highest BCUT2D eigenvalue weighted by atomic mass is 31.2. The summed E-state index contributed by atoms with van der Waals surface area (Å²) < 4.78 is 61.7. The van der Waals surface area contributed by atoms with Gasteiger partial charge in [-0.15, -0.1) is 0 Å². The Morgan fingerprint density at radius 1 is 0.232 bits per heavy atom. The molecule has 718 valence electrons. The number of phosphoric acid groups is 2. The maximum atomic E-state index is 13.1. The van der Waals surface area contributed by atoms with E-state index in [1.165, 1.54) is 212 Å². The number of rotatable bonds is 95. The van der Waals surface area contributed by atoms with E-state index in [9.17, 15) is 43.5 Å². The summed E-state index contributed by atoms with van der Waals surface area (Å²) in [4.78, 5) is 59.2. The largest absolute Gasteiger partial charge is 0.472 e. The first-order valence-electron chi connectivity index (χ1n) is 50.4. The third-order valence-electron chi connectivity index (χ3n) is 21.4. The number of aliphatic hydroxyl groups excluding tert-OH is 2. The highest BCUT2D eigenvalue weighted by Crippen LogP contribution is 2.45. The molecule has 0 aliphatic heterocycles. The topological polar surface area (TPSA) is 231 Å². The molecular formula is C107H184O16P2. The van der Waals surface area contributed by atoms with Crippen LogP contribution in [0.2, 0.25) is 0 Å². The second kappa shape index (κ2) is 98.0. The van der Waals surface area contributed by atoms with Gasteiger partial charge >= 0.3 is 33.6 Å². The van der Waals surface area contributed by atoms with Gasteiger partial charge in [0.05, 0.1) is 26.4 Å². The number of unbranched alkanes of at least 4 members (excludes halogenated alkanes) is 44. The number of carbonyl (C=O) groups excluding carboxylic acids is 3. The summed E-state index contributed by atoms with van der Waals surface area (Å²) in [5.74, 6) is -1.57. The molecule has 18 heteroatoms. The summed E-state index contributed by atoms with van der Waals surface area (Å²) in [6.07, 6.45) is 128. The molecule has 0 aromatic heterocycles. The summed E-state index contributed by atoms with van der Waals surface area (Å²) in [5, 5.41) is 20.8. The molecule has 5 unspecified atom stereocenters. The number of esters is 3. The van der Waals surface area contributed by atoms with E-state index in [2.05, 4.69) is 191 Å². The van der Waals surface area contributed by atoms with Gasteiger partial charge in [-0.1, -0.05) is 422 Å². The van der Waals surface area contributed by atoms with Gasteiger partial charge in [-0.25, -0.2) is 9.13 Å². The van der Waals surface area contributed by atoms with Crippen molar-refractivity contribution in [3.63, 3.8) is 0 Å². The van der Waals surface area contributed by atoms with Crippen molar-refractivity contribution in [3.05, 3.63) is 170 Å². The minimum absolute atomic E-state index is 0.0935. The molecule has 0 aromatic carbocycles. The van der Waals surface area contributed by atoms with E-state index < -0.39 is 91.5 Å². The minimum Gasteiger partial charge on any atom is -0.463 e. The predicted octanol–water partition coefficient (Wildman–Crippen LogP) is 31.8. The van der Waals surface area contributed by atoms with Crippen LogP contribution in [0.1, 0.15) is 432 Å². The molecule has 5 atom stereocenters. The fraction of sp³-hybridized carbons (Fsp3) is 0.710. The SMILES string of the molecule is CC/C=C\C/C=C\C/C=C\C/C=C\C/C=C\C/C=C\CCCCCCCCCCCCCCC(=O)OCC(COP(=O)(O)OCC(O)COP(=O)(O)OCC(O)COC(=O)CCCCCCCCCCCCCCCCCCC/C=C\C/C=C\C/C=C\C/C=C\CCCCC)OC(=O)CCCCCCCCCCC/C=C\C/C=C\C/C=C\C/C=C\CCCCC. The van der Waals surface area contributed by atoms with E-state index in [0.717, 1.165) is 161 Å². The van der Waals surface area contributed by atoms with Gasteiger partial charge < -0.3 is 34.2 Å². The average molecular weight is 1790 g/mol. The standard InChI is InChI=1S/C107H184O16P2/c1-4-7-10-13-16-19-22-25-28-31-34-37-40-43-45-47-49-50-52-54-55-58-60-63-66-69-72-75-78-81-84-87-90-93-105(110)117-96-102(108)97-119-124(113,114)120-98-103(109)99-121-125(115,116)122-101-104(123-107(112)95-92-89-86-83-80-77-74-71-68-65-62-57-42-39-36-33-30-27-24-21-18-15-12-9-6-3)100-118-106(111)94-91-88-85-82-79-76-73-70-67-64-61-59-56-53-51-48-46-44-41-38-35-32-29-26-23-20-17-14-11-8-5-2/h8,11,16-21,25-30,34-39,43-46,51,53,57,62,102-104,108-109H,4-7,9-10,12-15,22-24,31-33,40-42,47-50,52,54-56,58-61,63-101H2,1-3H3,(H,113,114)(H,115,116)/b11-8-,19-16-,20-17-,21-18-,28-25-,29-26-,30-27-,37-34-,38-35-,39-36-,45-43-,46-44-,53-51-,62-57-. The summed E-state index contributed by atoms with van der Waals surface area (Å²) >= 11 is 0. The molecule has 0 amide bonds. The lowest BCUT2D eigenvalue weighted by molar-refractivity contribution is -0.161. The third-order valence-corrected chi connectivity index (χ3v) is 23.3. The van der Waals surface area contributed by atoms with E-state index in [0.29, 0.717) is 19.3 Å². The van der Waals surface area contributed by atoms with Crippen molar-refractivity contribution in [1.29, 1.82) is 0 Å². The maximum absolute atomic E-state index is 13.1. The Morgan fingerprint density at radius 3 is 0.672 bits per heavy atom. The van der Waals surface area contributed by atoms with Crippen LogP contribution in [-0.2, 0) is 55.8 Å². The Morgan fingerprint density at radius 2 is 0.424 bits per heavy atom. The molecule has 125 heavy (non-hydrogen) atoms. The first kappa shape index (κ1) is 120. The van der Waals surface area contributed by atoms with E-state index in [-0.39, 0.29) is 19.3 Å². The Hall–Kier alpha value is -5.09. The molecule has 0 rings (SSSR count). The van der Waals surface area contributed by atoms with Crippen molar-refractivity contribution in [2.24, 2.45) is 0 Å². The van der Waals surface area contributed by atoms with Crippen LogP contribution in [0.4, 0.5) is 0 Å². The van der Waals surface area contributed by atoms with E-state index >= 15 is 0 Å². The Bertz CT molecular complexity index is 2950. The van der Waals surface area contributed by atoms with E-state index in [1.54, 1.807) is 0 Å². The number of carbonyl (C=O) groups is 3. The molecule has 0 aliphatic rings. The van der Waals surface area contributed by atoms with Crippen LogP contribution in [-0.4, -0.2) is 95.9 Å². The van der Waals surface area contributed by atoms with Crippen LogP contribution in [0, 0.1) is 0 Å². The second-order valence-electron chi connectivity index (χ2n) is 33.5. The average Bonchev–Trinajstić information content (AvgIpc) is 0.899. The van der Waals surface area contributed by atoms with Gasteiger partial charge in [-0.05, 0) is 161 Å². The summed E-state index contributed by atoms with van der Waals surface area (Å²) in [6.45, 7) is 2.57. The zero-order valence-electron chi connectivity index (χ0n) is 79.5. The van der Waals surface area contributed by atoms with Crippen LogP contribution in [0.15, 0.2) is 170 Å². The minimum atomic E-state index is -4.95. The number of hydrogen-bond acceptors (Lipinski definition) is 14. The molecule has 0 fully saturated rings. The van der Waals surface area contributed by atoms with Gasteiger partial charge in [0.1, 0.15) is 25.4 Å². The van der Waals surface area contributed by atoms with Crippen molar-refractivity contribution in [1.82, 2.24) is 0 Å². The van der Waals surface area contributed by atoms with Crippen molar-refractivity contribution < 1.29 is 75.8 Å². The van der Waals surface area contributed by atoms with Crippen molar-refractivity contribution in [2.75, 3.05) is 39.6 Å². The van der Waals surface area contributed by atoms with Gasteiger partial charge in [0.15, 0.2) is 6.10 Å². The summed E-state index contributed by atoms with van der Waals surface area (Å²) in [7, 11) is -9.82. The Labute approximate surface area is 764 Å². The monoisotopic (exact) mass is 1790 g/mol. The normalized spacial score (nSPS) is 14.4. The van der Waals surface area contributed by atoms with Gasteiger partial charge in [0.25, 0.3) is 0 Å². The molecule has 0 aliphatic carbocycles. The maximum Gasteiger partial charge on any atom is 0.472 e. The molecule has 4 N–H and O–H groups in total. The first-order valence-corrected chi connectivity index (χ1v) is 53.4. The summed E-state index contributed by atoms with van der Waals surface area (Å²) in [6, 6.07) is 0. The van der Waals surface area contributed by atoms with Gasteiger partial charge in [-0.2, -0.15) is 0 Å². The molecule has 0 radical (unpaired) electrons. The van der Waals surface area contributed by atoms with Gasteiger partial charge in [-0.3, -0.25) is 32.5 Å². The number of allylic oxidation sites excluding steroid dienone is 28. The molecule has 0 saturated carbocycles. The van der Waals surface area contributed by atoms with E-state index in [1.807, 2.05) is 0 Å². The Balaban J connectivity index is 4.60. The van der Waals surface area contributed by atoms with E-state index in [4.69, 9.17) is 32.3 Å². The zero-order valence-corrected chi connectivity index (χ0v) is 81.3. The highest BCUT2D eigenvalue weighted by Gasteiger charge is 2.30. The van der Waals surface area contributed by atoms with Crippen LogP contribution < -0.4 is 0 Å². The van der Waals surface area contributed by atoms with Crippen molar-refractivity contribution >= 4 is 33.6 Å². The molecule has 0 spiro atoms. The smallest absolute Gasteiger partial charge is 0.463 e. The molecule has 0 aromatic rings. The fourth-order valence-corrected chi connectivity index (χ4v) is 15.4.